The Kier molecular flexibility index (Phi) is 6.01. The molecule has 1 fully saturated rings. The number of nitriles is 2. The van der Waals surface area contributed by atoms with Crippen LogP contribution in [0.1, 0.15) is 40.8 Å². The molecular weight excluding hydrogens is 482 g/mol. The number of likely N-dealkylation sites (tertiary alicyclic amines) is 1. The number of imidazole rings is 1. The number of carbonyl (C=O) groups excluding carboxylic acids is 1. The van der Waals surface area contributed by atoms with Crippen LogP contribution in [0, 0.1) is 48.1 Å². The average molecular weight is 502 g/mol. The molecule has 0 N–H and O–H groups in total. The minimum atomic E-state index is -0.659. The lowest BCUT2D eigenvalue weighted by atomic mass is 10.0. The van der Waals surface area contributed by atoms with E-state index in [1.807, 2.05) is 12.1 Å². The predicted octanol–water partition coefficient (Wildman–Crippen LogP) is 3.52. The molecule has 2 amide bonds. The summed E-state index contributed by atoms with van der Waals surface area (Å²) in [7, 11) is 0. The van der Waals surface area contributed by atoms with E-state index < -0.39 is 29.8 Å². The summed E-state index contributed by atoms with van der Waals surface area (Å²) in [5.74, 6) is -0.370. The summed E-state index contributed by atoms with van der Waals surface area (Å²) in [6.45, 7) is 3.83. The van der Waals surface area contributed by atoms with E-state index in [1.165, 1.54) is 28.1 Å². The molecule has 1 aromatic carbocycles. The maximum atomic E-state index is 14.5. The fourth-order valence-electron chi connectivity index (χ4n) is 4.45. The molecule has 2 aliphatic rings. The molecule has 4 heterocycles. The molecule has 3 aromatic rings. The largest absolute Gasteiger partial charge is 0.483 e. The molecule has 0 radical (unpaired) electrons. The van der Waals surface area contributed by atoms with E-state index in [1.54, 1.807) is 24.6 Å². The molecular formula is C25H20F2N8O2. The molecule has 2 aromatic heterocycles. The second-order valence-electron chi connectivity index (χ2n) is 8.72. The standard InChI is InChI=1S/C25H20F2N8O2/c1-14-21(10-29)32-15(2)34(14)24-8-23(20(27)11-30-24)37-19-12-33(13-19)25(36)35-22(3-4-31-35)17-5-16(9-28)6-18(26)7-17/h4-8,11,19,22H,3,12-13H2,1-2H3. The van der Waals surface area contributed by atoms with Gasteiger partial charge in [0.1, 0.15) is 29.6 Å². The zero-order valence-electron chi connectivity index (χ0n) is 19.9. The quantitative estimate of drug-likeness (QED) is 0.538. The van der Waals surface area contributed by atoms with Gasteiger partial charge in [0.2, 0.25) is 0 Å². The van der Waals surface area contributed by atoms with Gasteiger partial charge >= 0.3 is 6.03 Å². The molecule has 186 valence electrons. The van der Waals surface area contributed by atoms with E-state index in [4.69, 9.17) is 10.00 Å². The average Bonchev–Trinajstić information content (AvgIpc) is 3.45. The van der Waals surface area contributed by atoms with E-state index in [-0.39, 0.29) is 30.1 Å². The van der Waals surface area contributed by atoms with Crippen LogP contribution in [-0.2, 0) is 0 Å². The Morgan fingerprint density at radius 2 is 1.92 bits per heavy atom. The monoisotopic (exact) mass is 502 g/mol. The van der Waals surface area contributed by atoms with E-state index in [9.17, 15) is 18.8 Å². The molecule has 2 aliphatic heterocycles. The molecule has 10 nitrogen and oxygen atoms in total. The van der Waals surface area contributed by atoms with Crippen LogP contribution in [0.3, 0.4) is 0 Å². The summed E-state index contributed by atoms with van der Waals surface area (Å²) in [4.78, 5) is 22.8. The van der Waals surface area contributed by atoms with Gasteiger partial charge in [0.25, 0.3) is 0 Å². The number of nitrogens with zero attached hydrogens (tertiary/aromatic N) is 8. The van der Waals surface area contributed by atoms with Crippen molar-refractivity contribution in [3.05, 3.63) is 70.4 Å². The van der Waals surface area contributed by atoms with Crippen LogP contribution in [0.5, 0.6) is 5.75 Å². The predicted molar refractivity (Wildman–Crippen MR) is 126 cm³/mol. The molecule has 1 unspecified atom stereocenters. The van der Waals surface area contributed by atoms with Crippen LogP contribution in [0.4, 0.5) is 13.6 Å². The maximum Gasteiger partial charge on any atom is 0.341 e. The number of urea groups is 1. The van der Waals surface area contributed by atoms with Crippen molar-refractivity contribution in [2.24, 2.45) is 5.10 Å². The Labute approximate surface area is 210 Å². The van der Waals surface area contributed by atoms with Gasteiger partial charge in [0.15, 0.2) is 17.3 Å². The first-order chi connectivity index (χ1) is 17.8. The highest BCUT2D eigenvalue weighted by molar-refractivity contribution is 5.79. The lowest BCUT2D eigenvalue weighted by Gasteiger charge is -2.41. The van der Waals surface area contributed by atoms with Crippen molar-refractivity contribution in [3.63, 3.8) is 0 Å². The normalized spacial score (nSPS) is 16.9. The molecule has 37 heavy (non-hydrogen) atoms. The lowest BCUT2D eigenvalue weighted by molar-refractivity contribution is 0.0256. The third-order valence-corrected chi connectivity index (χ3v) is 6.29. The number of hydrazone groups is 1. The second-order valence-corrected chi connectivity index (χ2v) is 8.72. The molecule has 0 saturated carbocycles. The highest BCUT2D eigenvalue weighted by Gasteiger charge is 2.39. The van der Waals surface area contributed by atoms with Gasteiger partial charge in [-0.25, -0.2) is 28.6 Å². The van der Waals surface area contributed by atoms with Crippen LogP contribution in [-0.4, -0.2) is 55.9 Å². The Balaban J connectivity index is 1.27. The topological polar surface area (TPSA) is 123 Å². The van der Waals surface area contributed by atoms with Gasteiger partial charge in [0.05, 0.1) is 42.7 Å². The van der Waals surface area contributed by atoms with Gasteiger partial charge in [-0.05, 0) is 37.6 Å². The number of carbonyl (C=O) groups is 1. The highest BCUT2D eigenvalue weighted by atomic mass is 19.1. The number of benzene rings is 1. The van der Waals surface area contributed by atoms with E-state index in [0.29, 0.717) is 29.3 Å². The summed E-state index contributed by atoms with van der Waals surface area (Å²) in [5.41, 5.74) is 1.47. The zero-order chi connectivity index (χ0) is 26.3. The first kappa shape index (κ1) is 23.9. The van der Waals surface area contributed by atoms with Crippen molar-refractivity contribution >= 4 is 12.2 Å². The number of ether oxygens (including phenoxy) is 1. The minimum Gasteiger partial charge on any atom is -0.483 e. The minimum absolute atomic E-state index is 0.0334. The molecule has 0 spiro atoms. The van der Waals surface area contributed by atoms with Gasteiger partial charge in [-0.2, -0.15) is 15.6 Å². The number of amides is 2. The summed E-state index contributed by atoms with van der Waals surface area (Å²) in [5, 5.41) is 23.8. The third kappa shape index (κ3) is 4.34. The van der Waals surface area contributed by atoms with E-state index in [0.717, 1.165) is 12.3 Å². The van der Waals surface area contributed by atoms with Crippen molar-refractivity contribution < 1.29 is 18.3 Å². The summed E-state index contributed by atoms with van der Waals surface area (Å²) < 4.78 is 35.9. The van der Waals surface area contributed by atoms with Crippen LogP contribution >= 0.6 is 0 Å². The fraction of sp³-hybridized carbons (Fsp3) is 0.280. The fourth-order valence-corrected chi connectivity index (χ4v) is 4.45. The number of aryl methyl sites for hydroxylation is 1. The number of hydrogen-bond acceptors (Lipinski definition) is 7. The molecule has 0 bridgehead atoms. The number of halogens is 2. The number of aromatic nitrogens is 3. The highest BCUT2D eigenvalue weighted by Crippen LogP contribution is 2.32. The van der Waals surface area contributed by atoms with Gasteiger partial charge in [-0.3, -0.25) is 4.57 Å². The third-order valence-electron chi connectivity index (χ3n) is 6.29. The number of hydrogen-bond donors (Lipinski definition) is 0. The molecule has 12 heteroatoms. The second kappa shape index (κ2) is 9.32. The Hall–Kier alpha value is -4.84. The van der Waals surface area contributed by atoms with Gasteiger partial charge in [0, 0.05) is 18.7 Å². The van der Waals surface area contributed by atoms with Crippen LogP contribution in [0.15, 0.2) is 35.6 Å². The smallest absolute Gasteiger partial charge is 0.341 e. The van der Waals surface area contributed by atoms with Crippen LogP contribution in [0.2, 0.25) is 0 Å². The SMILES string of the molecule is Cc1nc(C#N)c(C)n1-c1cc(OC2CN(C(=O)N3N=CCC3c3cc(F)cc(C#N)c3)C2)c(F)cn1. The van der Waals surface area contributed by atoms with E-state index in [2.05, 4.69) is 15.1 Å². The first-order valence-corrected chi connectivity index (χ1v) is 11.4. The van der Waals surface area contributed by atoms with Gasteiger partial charge in [-0.1, -0.05) is 0 Å². The summed E-state index contributed by atoms with van der Waals surface area (Å²) >= 11 is 0. The first-order valence-electron chi connectivity index (χ1n) is 11.4. The molecule has 0 aliphatic carbocycles. The summed E-state index contributed by atoms with van der Waals surface area (Å²) in [6, 6.07) is 8.38. The lowest BCUT2D eigenvalue weighted by Crippen LogP contribution is -2.58. The van der Waals surface area contributed by atoms with Crippen molar-refractivity contribution in [2.75, 3.05) is 13.1 Å². The number of rotatable bonds is 4. The number of pyridine rings is 1. The van der Waals surface area contributed by atoms with Crippen LogP contribution in [0.25, 0.3) is 5.82 Å². The maximum absolute atomic E-state index is 14.5. The van der Waals surface area contributed by atoms with Crippen molar-refractivity contribution in [1.82, 2.24) is 24.4 Å². The van der Waals surface area contributed by atoms with E-state index >= 15 is 0 Å². The summed E-state index contributed by atoms with van der Waals surface area (Å²) in [6.07, 6.45) is 2.53. The van der Waals surface area contributed by atoms with Gasteiger partial charge < -0.3 is 9.64 Å². The van der Waals surface area contributed by atoms with Crippen molar-refractivity contribution in [3.8, 4) is 23.7 Å². The van der Waals surface area contributed by atoms with Gasteiger partial charge in [-0.15, -0.1) is 0 Å². The Bertz CT molecular complexity index is 1510. The molecule has 1 atom stereocenters. The van der Waals surface area contributed by atoms with Crippen molar-refractivity contribution in [2.45, 2.75) is 32.4 Å². The Morgan fingerprint density at radius 3 is 2.62 bits per heavy atom. The molecule has 1 saturated heterocycles. The van der Waals surface area contributed by atoms with Crippen LogP contribution < -0.4 is 4.74 Å². The molecule has 5 rings (SSSR count). The Morgan fingerprint density at radius 1 is 1.14 bits per heavy atom. The van der Waals surface area contributed by atoms with Crippen molar-refractivity contribution in [1.29, 1.82) is 10.5 Å². The zero-order valence-corrected chi connectivity index (χ0v) is 19.9.